The van der Waals surface area contributed by atoms with Gasteiger partial charge >= 0.3 is 0 Å². The van der Waals surface area contributed by atoms with Gasteiger partial charge < -0.3 is 8.87 Å². The molecule has 0 radical (unpaired) electrons. The molecule has 0 N–H and O–H groups in total. The summed E-state index contributed by atoms with van der Waals surface area (Å²) in [5, 5.41) is 0. The molecule has 0 unspecified atom stereocenters. The van der Waals surface area contributed by atoms with E-state index < -0.39 is 0 Å². The number of nitrogens with zero attached hydrogens (tertiary/aromatic N) is 3. The normalized spacial score (nSPS) is 15.7. The van der Waals surface area contributed by atoms with Crippen LogP contribution in [0.3, 0.4) is 0 Å². The van der Waals surface area contributed by atoms with E-state index in [0.29, 0.717) is 0 Å². The molecule has 0 atom stereocenters. The van der Waals surface area contributed by atoms with Crippen LogP contribution in [0.25, 0.3) is 11.0 Å². The van der Waals surface area contributed by atoms with E-state index in [1.54, 1.807) is 11.9 Å². The fraction of sp³-hybridized carbons (Fsp3) is 0.480. The fourth-order valence-corrected chi connectivity index (χ4v) is 5.21. The molecule has 3 nitrogen and oxygen atoms in total. The zero-order valence-corrected chi connectivity index (χ0v) is 19.0. The van der Waals surface area contributed by atoms with Crippen LogP contribution in [-0.4, -0.2) is 16.6 Å². The number of hydrogen-bond donors (Lipinski definition) is 0. The second kappa shape index (κ2) is 8.43. The molecule has 0 bridgehead atoms. The van der Waals surface area contributed by atoms with Crippen molar-refractivity contribution in [2.24, 2.45) is 5.92 Å². The van der Waals surface area contributed by atoms with Crippen molar-refractivity contribution in [3.05, 3.63) is 54.4 Å². The van der Waals surface area contributed by atoms with Crippen LogP contribution in [0.5, 0.6) is 0 Å². The number of hydrogen-bond acceptors (Lipinski definition) is 3. The van der Waals surface area contributed by atoms with Crippen molar-refractivity contribution >= 4 is 28.7 Å². The molecular formula is C25H33N3S. The summed E-state index contributed by atoms with van der Waals surface area (Å²) < 4.78 is 4.74. The Balaban J connectivity index is 1.65. The van der Waals surface area contributed by atoms with E-state index in [4.69, 9.17) is 4.98 Å². The molecule has 0 aliphatic heterocycles. The first-order valence-electron chi connectivity index (χ1n) is 10.9. The predicted molar refractivity (Wildman–Crippen MR) is 126 cm³/mol. The van der Waals surface area contributed by atoms with Crippen LogP contribution in [0.2, 0.25) is 0 Å². The standard InChI is InChI=1S/C25H33N3S/c1-25(2,3)24-26-22-17-20(27(4)29-21-13-9-6-10-14-21)15-16-23(22)28(24)18-19-11-7-5-8-12-19/h6,9-10,13-17,19H,5,7-8,11-12,18H2,1-4H3. The van der Waals surface area contributed by atoms with Gasteiger partial charge in [-0.15, -0.1) is 0 Å². The van der Waals surface area contributed by atoms with Crippen molar-refractivity contribution < 1.29 is 0 Å². The van der Waals surface area contributed by atoms with Gasteiger partial charge in [0.05, 0.1) is 11.0 Å². The van der Waals surface area contributed by atoms with Gasteiger partial charge in [-0.25, -0.2) is 4.98 Å². The minimum Gasteiger partial charge on any atom is -0.327 e. The summed E-state index contributed by atoms with van der Waals surface area (Å²) in [5.74, 6) is 2.01. The van der Waals surface area contributed by atoms with E-state index in [9.17, 15) is 0 Å². The Morgan fingerprint density at radius 2 is 1.76 bits per heavy atom. The van der Waals surface area contributed by atoms with E-state index in [0.717, 1.165) is 18.0 Å². The van der Waals surface area contributed by atoms with Gasteiger partial charge in [0.2, 0.25) is 0 Å². The molecule has 1 fully saturated rings. The Morgan fingerprint density at radius 3 is 2.45 bits per heavy atom. The highest BCUT2D eigenvalue weighted by atomic mass is 32.2. The molecule has 1 aliphatic rings. The maximum Gasteiger partial charge on any atom is 0.115 e. The third kappa shape index (κ3) is 4.63. The first-order chi connectivity index (χ1) is 13.9. The average molecular weight is 408 g/mol. The monoisotopic (exact) mass is 407 g/mol. The van der Waals surface area contributed by atoms with Gasteiger partial charge in [-0.1, -0.05) is 58.2 Å². The number of imidazole rings is 1. The number of fused-ring (bicyclic) bond motifs is 1. The van der Waals surface area contributed by atoms with E-state index >= 15 is 0 Å². The summed E-state index contributed by atoms with van der Waals surface area (Å²) in [7, 11) is 2.13. The molecule has 1 aromatic heterocycles. The van der Waals surface area contributed by atoms with Crippen LogP contribution < -0.4 is 4.31 Å². The van der Waals surface area contributed by atoms with Crippen molar-refractivity contribution in [1.29, 1.82) is 0 Å². The molecule has 1 saturated carbocycles. The predicted octanol–water partition coefficient (Wildman–Crippen LogP) is 7.06. The quantitative estimate of drug-likeness (QED) is 0.423. The maximum absolute atomic E-state index is 5.13. The zero-order chi connectivity index (χ0) is 20.4. The summed E-state index contributed by atoms with van der Waals surface area (Å²) >= 11 is 1.75. The van der Waals surface area contributed by atoms with Gasteiger partial charge in [0.1, 0.15) is 5.82 Å². The van der Waals surface area contributed by atoms with Gasteiger partial charge in [0, 0.05) is 29.6 Å². The van der Waals surface area contributed by atoms with Crippen LogP contribution in [-0.2, 0) is 12.0 Å². The van der Waals surface area contributed by atoms with Gasteiger partial charge in [-0.3, -0.25) is 0 Å². The van der Waals surface area contributed by atoms with Gasteiger partial charge in [-0.2, -0.15) is 0 Å². The molecule has 2 aromatic carbocycles. The van der Waals surface area contributed by atoms with E-state index in [-0.39, 0.29) is 5.41 Å². The largest absolute Gasteiger partial charge is 0.327 e. The molecule has 4 heteroatoms. The Labute approximate surface area is 179 Å². The summed E-state index contributed by atoms with van der Waals surface area (Å²) in [5.41, 5.74) is 3.62. The molecule has 154 valence electrons. The lowest BCUT2D eigenvalue weighted by Crippen LogP contribution is -2.22. The van der Waals surface area contributed by atoms with Gasteiger partial charge in [-0.05, 0) is 61.0 Å². The SMILES string of the molecule is CN(Sc1ccccc1)c1ccc2c(c1)nc(C(C)(C)C)n2CC1CCCCC1. The molecule has 3 aromatic rings. The molecule has 1 heterocycles. The minimum absolute atomic E-state index is 0.0402. The highest BCUT2D eigenvalue weighted by Crippen LogP contribution is 2.34. The number of aromatic nitrogens is 2. The van der Waals surface area contributed by atoms with Crippen LogP contribution in [0.1, 0.15) is 58.7 Å². The number of anilines is 1. The summed E-state index contributed by atoms with van der Waals surface area (Å²) in [6, 6.07) is 17.3. The van der Waals surface area contributed by atoms with Crippen LogP contribution in [0.4, 0.5) is 5.69 Å². The first kappa shape index (κ1) is 20.3. The molecule has 29 heavy (non-hydrogen) atoms. The van der Waals surface area contributed by atoms with Gasteiger partial charge in [0.15, 0.2) is 0 Å². The van der Waals surface area contributed by atoms with Crippen molar-refractivity contribution in [3.8, 4) is 0 Å². The van der Waals surface area contributed by atoms with Crippen molar-refractivity contribution in [3.63, 3.8) is 0 Å². The third-order valence-corrected chi connectivity index (χ3v) is 6.88. The molecule has 1 aliphatic carbocycles. The minimum atomic E-state index is 0.0402. The van der Waals surface area contributed by atoms with Crippen molar-refractivity contribution in [1.82, 2.24) is 9.55 Å². The summed E-state index contributed by atoms with van der Waals surface area (Å²) in [6.45, 7) is 7.95. The Morgan fingerprint density at radius 1 is 1.03 bits per heavy atom. The molecular weight excluding hydrogens is 374 g/mol. The molecule has 0 saturated heterocycles. The Kier molecular flexibility index (Phi) is 5.91. The second-order valence-corrected chi connectivity index (χ2v) is 10.6. The molecule has 0 amide bonds. The van der Waals surface area contributed by atoms with E-state index in [1.807, 2.05) is 0 Å². The van der Waals surface area contributed by atoms with E-state index in [1.165, 1.54) is 54.0 Å². The fourth-order valence-electron chi connectivity index (χ4n) is 4.39. The average Bonchev–Trinajstić information content (AvgIpc) is 3.08. The zero-order valence-electron chi connectivity index (χ0n) is 18.2. The lowest BCUT2D eigenvalue weighted by molar-refractivity contribution is 0.313. The maximum atomic E-state index is 5.13. The number of benzene rings is 2. The third-order valence-electron chi connectivity index (χ3n) is 5.92. The summed E-state index contributed by atoms with van der Waals surface area (Å²) in [6.07, 6.45) is 6.89. The Hall–Kier alpha value is -1.94. The van der Waals surface area contributed by atoms with Crippen LogP contribution >= 0.6 is 11.9 Å². The van der Waals surface area contributed by atoms with Crippen molar-refractivity contribution in [2.45, 2.75) is 69.7 Å². The lowest BCUT2D eigenvalue weighted by atomic mass is 9.88. The van der Waals surface area contributed by atoms with Crippen LogP contribution in [0, 0.1) is 5.92 Å². The number of rotatable bonds is 5. The second-order valence-electron chi connectivity index (χ2n) is 9.37. The highest BCUT2D eigenvalue weighted by molar-refractivity contribution is 8.00. The first-order valence-corrected chi connectivity index (χ1v) is 11.7. The Bertz CT molecular complexity index is 949. The van der Waals surface area contributed by atoms with Crippen LogP contribution in [0.15, 0.2) is 53.4 Å². The lowest BCUT2D eigenvalue weighted by Gasteiger charge is -2.26. The smallest absolute Gasteiger partial charge is 0.115 e. The molecule has 0 spiro atoms. The molecule has 4 rings (SSSR count). The van der Waals surface area contributed by atoms with Gasteiger partial charge in [0.25, 0.3) is 0 Å². The highest BCUT2D eigenvalue weighted by Gasteiger charge is 2.25. The summed E-state index contributed by atoms with van der Waals surface area (Å²) in [4.78, 5) is 6.37. The topological polar surface area (TPSA) is 21.1 Å². The van der Waals surface area contributed by atoms with Crippen molar-refractivity contribution in [2.75, 3.05) is 11.4 Å². The van der Waals surface area contributed by atoms with E-state index in [2.05, 4.69) is 85.2 Å².